The fourth-order valence-electron chi connectivity index (χ4n) is 4.07. The molecule has 0 bridgehead atoms. The topological polar surface area (TPSA) is 96.0 Å². The highest BCUT2D eigenvalue weighted by Crippen LogP contribution is 2.39. The lowest BCUT2D eigenvalue weighted by molar-refractivity contribution is -0.143. The van der Waals surface area contributed by atoms with Gasteiger partial charge in [0.2, 0.25) is 0 Å². The molecule has 0 radical (unpaired) electrons. The van der Waals surface area contributed by atoms with E-state index in [2.05, 4.69) is 10.3 Å². The van der Waals surface area contributed by atoms with Crippen molar-refractivity contribution in [3.05, 3.63) is 76.4 Å². The standard InChI is InChI=1S/C27H32N2O6/c1-16(2)35-27(31)24-18(4)29-17(3)23(25(24)20-8-7-12-28-15-20)26(30)34-13-11-19-9-10-21(32-5)22(14-19)33-6/h7-10,12,14-16,25,29H,11,13H2,1-6H3. The van der Waals surface area contributed by atoms with E-state index in [1.54, 1.807) is 60.4 Å². The van der Waals surface area contributed by atoms with Crippen LogP contribution in [0.25, 0.3) is 0 Å². The van der Waals surface area contributed by atoms with Crippen molar-refractivity contribution >= 4 is 11.9 Å². The Morgan fingerprint density at radius 1 is 1.00 bits per heavy atom. The lowest BCUT2D eigenvalue weighted by Gasteiger charge is -2.30. The number of nitrogens with one attached hydrogen (secondary N) is 1. The van der Waals surface area contributed by atoms with E-state index in [0.29, 0.717) is 46.0 Å². The first-order chi connectivity index (χ1) is 16.8. The Morgan fingerprint density at radius 3 is 2.29 bits per heavy atom. The van der Waals surface area contributed by atoms with E-state index >= 15 is 0 Å². The number of pyridine rings is 1. The van der Waals surface area contributed by atoms with Gasteiger partial charge in [0.1, 0.15) is 0 Å². The van der Waals surface area contributed by atoms with Crippen LogP contribution in [0.15, 0.2) is 65.3 Å². The molecular formula is C27H32N2O6. The summed E-state index contributed by atoms with van der Waals surface area (Å²) in [5.74, 6) is -0.417. The predicted molar refractivity (Wildman–Crippen MR) is 131 cm³/mol. The van der Waals surface area contributed by atoms with Gasteiger partial charge >= 0.3 is 11.9 Å². The molecule has 1 unspecified atom stereocenters. The van der Waals surface area contributed by atoms with E-state index in [9.17, 15) is 9.59 Å². The van der Waals surface area contributed by atoms with Crippen LogP contribution in [-0.2, 0) is 25.5 Å². The number of benzene rings is 1. The Bertz CT molecular complexity index is 1140. The SMILES string of the molecule is COc1ccc(CCOC(=O)C2=C(C)NC(C)=C(C(=O)OC(C)C)C2c2cccnc2)cc1OC. The molecular weight excluding hydrogens is 448 g/mol. The largest absolute Gasteiger partial charge is 0.493 e. The zero-order valence-electron chi connectivity index (χ0n) is 21.0. The molecule has 0 spiro atoms. The van der Waals surface area contributed by atoms with Crippen molar-refractivity contribution in [3.63, 3.8) is 0 Å². The van der Waals surface area contributed by atoms with Crippen LogP contribution in [0.1, 0.15) is 44.7 Å². The summed E-state index contributed by atoms with van der Waals surface area (Å²) in [5, 5.41) is 3.16. The first-order valence-corrected chi connectivity index (χ1v) is 11.4. The summed E-state index contributed by atoms with van der Waals surface area (Å²) < 4.78 is 21.8. The summed E-state index contributed by atoms with van der Waals surface area (Å²) >= 11 is 0. The van der Waals surface area contributed by atoms with Crippen molar-refractivity contribution in [2.24, 2.45) is 0 Å². The number of carbonyl (C=O) groups is 2. The van der Waals surface area contributed by atoms with Gasteiger partial charge in [0, 0.05) is 30.2 Å². The molecule has 1 aliphatic heterocycles. The number of dihydropyridines is 1. The van der Waals surface area contributed by atoms with E-state index in [0.717, 1.165) is 5.56 Å². The highest BCUT2D eigenvalue weighted by atomic mass is 16.5. The Kier molecular flexibility index (Phi) is 8.52. The Hall–Kier alpha value is -3.81. The van der Waals surface area contributed by atoms with Gasteiger partial charge in [-0.3, -0.25) is 4.98 Å². The van der Waals surface area contributed by atoms with Crippen molar-refractivity contribution in [1.29, 1.82) is 0 Å². The molecule has 0 fully saturated rings. The van der Waals surface area contributed by atoms with Crippen molar-refractivity contribution < 1.29 is 28.5 Å². The molecule has 3 rings (SSSR count). The maximum atomic E-state index is 13.3. The van der Waals surface area contributed by atoms with Crippen LogP contribution in [0, 0.1) is 0 Å². The predicted octanol–water partition coefficient (Wildman–Crippen LogP) is 4.07. The molecule has 35 heavy (non-hydrogen) atoms. The average molecular weight is 481 g/mol. The third kappa shape index (κ3) is 6.01. The molecule has 1 aromatic heterocycles. The zero-order valence-corrected chi connectivity index (χ0v) is 21.0. The summed E-state index contributed by atoms with van der Waals surface area (Å²) in [6.07, 6.45) is 3.47. The second-order valence-electron chi connectivity index (χ2n) is 8.45. The Morgan fingerprint density at radius 2 is 1.69 bits per heavy atom. The molecule has 2 aromatic rings. The van der Waals surface area contributed by atoms with Crippen LogP contribution in [-0.4, -0.2) is 43.9 Å². The summed E-state index contributed by atoms with van der Waals surface area (Å²) in [5.41, 5.74) is 3.60. The molecule has 1 atom stereocenters. The molecule has 186 valence electrons. The normalized spacial score (nSPS) is 15.6. The molecule has 1 N–H and O–H groups in total. The van der Waals surface area contributed by atoms with Crippen LogP contribution in [0.2, 0.25) is 0 Å². The summed E-state index contributed by atoms with van der Waals surface area (Å²) in [6, 6.07) is 9.17. The number of hydrogen-bond donors (Lipinski definition) is 1. The number of nitrogens with zero attached hydrogens (tertiary/aromatic N) is 1. The first kappa shape index (κ1) is 25.8. The fraction of sp³-hybridized carbons (Fsp3) is 0.370. The number of carbonyl (C=O) groups excluding carboxylic acids is 2. The van der Waals surface area contributed by atoms with Gasteiger partial charge < -0.3 is 24.3 Å². The second-order valence-corrected chi connectivity index (χ2v) is 8.45. The smallest absolute Gasteiger partial charge is 0.337 e. The molecule has 1 aliphatic rings. The maximum absolute atomic E-state index is 13.3. The van der Waals surface area contributed by atoms with Gasteiger partial charge in [-0.05, 0) is 57.0 Å². The van der Waals surface area contributed by atoms with Gasteiger partial charge in [-0.1, -0.05) is 12.1 Å². The molecule has 8 nitrogen and oxygen atoms in total. The van der Waals surface area contributed by atoms with E-state index < -0.39 is 17.9 Å². The molecule has 1 aromatic carbocycles. The lowest BCUT2D eigenvalue weighted by atomic mass is 9.81. The minimum Gasteiger partial charge on any atom is -0.493 e. The summed E-state index contributed by atoms with van der Waals surface area (Å²) in [4.78, 5) is 30.6. The number of aromatic nitrogens is 1. The van der Waals surface area contributed by atoms with Crippen LogP contribution in [0.5, 0.6) is 11.5 Å². The molecule has 8 heteroatoms. The van der Waals surface area contributed by atoms with E-state index in [4.69, 9.17) is 18.9 Å². The van der Waals surface area contributed by atoms with Gasteiger partial charge in [0.05, 0.1) is 44.0 Å². The fourth-order valence-corrected chi connectivity index (χ4v) is 4.07. The number of esters is 2. The minimum absolute atomic E-state index is 0.152. The quantitative estimate of drug-likeness (QED) is 0.537. The van der Waals surface area contributed by atoms with Gasteiger partial charge in [-0.25, -0.2) is 9.59 Å². The Labute approximate surface area is 205 Å². The maximum Gasteiger partial charge on any atom is 0.337 e. The van der Waals surface area contributed by atoms with Gasteiger partial charge in [0.15, 0.2) is 11.5 Å². The molecule has 0 saturated heterocycles. The minimum atomic E-state index is -0.662. The van der Waals surface area contributed by atoms with Gasteiger partial charge in [0.25, 0.3) is 0 Å². The van der Waals surface area contributed by atoms with E-state index in [1.165, 1.54) is 0 Å². The van der Waals surface area contributed by atoms with Gasteiger partial charge in [-0.2, -0.15) is 0 Å². The number of rotatable bonds is 9. The summed E-state index contributed by atoms with van der Waals surface area (Å²) in [7, 11) is 3.15. The second kappa shape index (κ2) is 11.6. The first-order valence-electron chi connectivity index (χ1n) is 11.4. The van der Waals surface area contributed by atoms with E-state index in [1.807, 2.05) is 24.3 Å². The Balaban J connectivity index is 1.85. The number of ether oxygens (including phenoxy) is 4. The van der Waals surface area contributed by atoms with Crippen LogP contribution >= 0.6 is 0 Å². The highest BCUT2D eigenvalue weighted by molar-refractivity contribution is 5.99. The number of hydrogen-bond acceptors (Lipinski definition) is 8. The zero-order chi connectivity index (χ0) is 25.5. The van der Waals surface area contributed by atoms with Crippen molar-refractivity contribution in [2.75, 3.05) is 20.8 Å². The van der Waals surface area contributed by atoms with Crippen LogP contribution in [0.3, 0.4) is 0 Å². The van der Waals surface area contributed by atoms with Crippen LogP contribution < -0.4 is 14.8 Å². The van der Waals surface area contributed by atoms with Crippen LogP contribution in [0.4, 0.5) is 0 Å². The monoisotopic (exact) mass is 480 g/mol. The average Bonchev–Trinajstić information content (AvgIpc) is 2.83. The van der Waals surface area contributed by atoms with Crippen molar-refractivity contribution in [2.45, 2.75) is 46.1 Å². The molecule has 0 amide bonds. The number of methoxy groups -OCH3 is 2. The third-order valence-electron chi connectivity index (χ3n) is 5.63. The van der Waals surface area contributed by atoms with Crippen molar-refractivity contribution in [3.8, 4) is 11.5 Å². The molecule has 0 saturated carbocycles. The molecule has 2 heterocycles. The highest BCUT2D eigenvalue weighted by Gasteiger charge is 2.38. The lowest BCUT2D eigenvalue weighted by Crippen LogP contribution is -2.33. The third-order valence-corrected chi connectivity index (χ3v) is 5.63. The van der Waals surface area contributed by atoms with E-state index in [-0.39, 0.29) is 12.7 Å². The molecule has 0 aliphatic carbocycles. The van der Waals surface area contributed by atoms with Gasteiger partial charge in [-0.15, -0.1) is 0 Å². The van der Waals surface area contributed by atoms with Crippen molar-refractivity contribution in [1.82, 2.24) is 10.3 Å². The summed E-state index contributed by atoms with van der Waals surface area (Å²) in [6.45, 7) is 7.31. The number of allylic oxidation sites excluding steroid dienone is 2.